The third-order valence-corrected chi connectivity index (χ3v) is 5.57. The van der Waals surface area contributed by atoms with Gasteiger partial charge in [0, 0.05) is 54.6 Å². The predicted octanol–water partition coefficient (Wildman–Crippen LogP) is 2.59. The van der Waals surface area contributed by atoms with Crippen molar-refractivity contribution in [3.05, 3.63) is 70.3 Å². The predicted molar refractivity (Wildman–Crippen MR) is 95.8 cm³/mol. The summed E-state index contributed by atoms with van der Waals surface area (Å²) in [6, 6.07) is 13.3. The van der Waals surface area contributed by atoms with E-state index in [-0.39, 0.29) is 17.4 Å². The number of hydrogen-bond donors (Lipinski definition) is 1. The number of fused-ring (bicyclic) bond motifs is 5. The zero-order chi connectivity index (χ0) is 17.0. The molecule has 2 aliphatic rings. The molecule has 1 aromatic carbocycles. The zero-order valence-corrected chi connectivity index (χ0v) is 13.8. The van der Waals surface area contributed by atoms with E-state index in [2.05, 4.69) is 4.98 Å². The molecule has 2 atom stereocenters. The molecule has 2 aliphatic heterocycles. The highest BCUT2D eigenvalue weighted by atomic mass is 16.2. The molecule has 5 rings (SSSR count). The standard InChI is InChI=1S/C20H19N3O2/c24-19-3-1-2-18-16-8-13(11-23(18)19)10-22(12-16)20(25)15-5-4-14-6-7-21-17(14)9-15/h1-7,9,13,16,21H,8,10-12H2. The van der Waals surface area contributed by atoms with Gasteiger partial charge >= 0.3 is 0 Å². The Labute approximate surface area is 144 Å². The Bertz CT molecular complexity index is 1030. The number of carbonyl (C=O) groups is 1. The van der Waals surface area contributed by atoms with E-state index in [0.29, 0.717) is 19.0 Å². The third kappa shape index (κ3) is 2.30. The van der Waals surface area contributed by atoms with Gasteiger partial charge in [0.15, 0.2) is 0 Å². The van der Waals surface area contributed by atoms with E-state index in [9.17, 15) is 9.59 Å². The van der Waals surface area contributed by atoms with Crippen molar-refractivity contribution in [1.82, 2.24) is 14.5 Å². The van der Waals surface area contributed by atoms with Gasteiger partial charge < -0.3 is 14.5 Å². The fraction of sp³-hybridized carbons (Fsp3) is 0.300. The Morgan fingerprint density at radius 3 is 2.92 bits per heavy atom. The van der Waals surface area contributed by atoms with Crippen LogP contribution in [0.4, 0.5) is 0 Å². The van der Waals surface area contributed by atoms with Crippen molar-refractivity contribution >= 4 is 16.8 Å². The molecule has 2 aromatic heterocycles. The lowest BCUT2D eigenvalue weighted by atomic mass is 9.83. The number of aromatic amines is 1. The van der Waals surface area contributed by atoms with E-state index >= 15 is 0 Å². The highest BCUT2D eigenvalue weighted by Crippen LogP contribution is 2.35. The van der Waals surface area contributed by atoms with Crippen LogP contribution in [-0.2, 0) is 6.54 Å². The first kappa shape index (κ1) is 14.5. The van der Waals surface area contributed by atoms with Gasteiger partial charge in [0.1, 0.15) is 0 Å². The molecule has 0 radical (unpaired) electrons. The van der Waals surface area contributed by atoms with Crippen LogP contribution in [0.25, 0.3) is 10.9 Å². The molecule has 0 aliphatic carbocycles. The molecule has 5 heteroatoms. The molecule has 1 fully saturated rings. The Morgan fingerprint density at radius 1 is 1.08 bits per heavy atom. The van der Waals surface area contributed by atoms with Gasteiger partial charge in [-0.15, -0.1) is 0 Å². The maximum atomic E-state index is 13.0. The molecule has 3 aromatic rings. The van der Waals surface area contributed by atoms with E-state index in [4.69, 9.17) is 0 Å². The minimum Gasteiger partial charge on any atom is -0.361 e. The van der Waals surface area contributed by atoms with Crippen molar-refractivity contribution in [3.8, 4) is 0 Å². The van der Waals surface area contributed by atoms with Gasteiger partial charge in [-0.1, -0.05) is 12.1 Å². The van der Waals surface area contributed by atoms with Gasteiger partial charge in [-0.25, -0.2) is 0 Å². The van der Waals surface area contributed by atoms with Crippen molar-refractivity contribution in [3.63, 3.8) is 0 Å². The van der Waals surface area contributed by atoms with Gasteiger partial charge in [-0.05, 0) is 42.0 Å². The number of H-pyrrole nitrogens is 1. The molecule has 1 N–H and O–H groups in total. The summed E-state index contributed by atoms with van der Waals surface area (Å²) in [4.78, 5) is 30.3. The lowest BCUT2D eigenvalue weighted by molar-refractivity contribution is 0.0594. The van der Waals surface area contributed by atoms with Crippen LogP contribution in [0.3, 0.4) is 0 Å². The SMILES string of the molecule is O=C(c1ccc2cc[nH]c2c1)N1CC2CC(C1)c1cccc(=O)n1C2. The van der Waals surface area contributed by atoms with Gasteiger partial charge in [0.2, 0.25) is 0 Å². The zero-order valence-electron chi connectivity index (χ0n) is 13.8. The molecular weight excluding hydrogens is 314 g/mol. The topological polar surface area (TPSA) is 58.1 Å². The minimum atomic E-state index is 0.0733. The van der Waals surface area contributed by atoms with Crippen molar-refractivity contribution < 1.29 is 4.79 Å². The molecule has 4 heterocycles. The number of benzene rings is 1. The van der Waals surface area contributed by atoms with Crippen LogP contribution in [0, 0.1) is 5.92 Å². The maximum Gasteiger partial charge on any atom is 0.253 e. The molecule has 2 bridgehead atoms. The number of nitrogens with zero attached hydrogens (tertiary/aromatic N) is 2. The molecule has 1 saturated heterocycles. The Hall–Kier alpha value is -2.82. The number of hydrogen-bond acceptors (Lipinski definition) is 2. The number of aromatic nitrogens is 2. The second kappa shape index (κ2) is 5.34. The summed E-state index contributed by atoms with van der Waals surface area (Å²) in [5, 5.41) is 1.11. The van der Waals surface area contributed by atoms with Crippen LogP contribution in [0.15, 0.2) is 53.5 Å². The monoisotopic (exact) mass is 333 g/mol. The smallest absolute Gasteiger partial charge is 0.253 e. The van der Waals surface area contributed by atoms with Crippen LogP contribution in [0.1, 0.15) is 28.4 Å². The summed E-state index contributed by atoms with van der Waals surface area (Å²) >= 11 is 0. The second-order valence-electron chi connectivity index (χ2n) is 7.19. The number of rotatable bonds is 1. The minimum absolute atomic E-state index is 0.0733. The Morgan fingerprint density at radius 2 is 2.00 bits per heavy atom. The number of pyridine rings is 1. The summed E-state index contributed by atoms with van der Waals surface area (Å²) in [5.74, 6) is 0.682. The summed E-state index contributed by atoms with van der Waals surface area (Å²) in [5.41, 5.74) is 2.85. The molecule has 1 amide bonds. The first-order valence-corrected chi connectivity index (χ1v) is 8.75. The fourth-order valence-electron chi connectivity index (χ4n) is 4.43. The largest absolute Gasteiger partial charge is 0.361 e. The summed E-state index contributed by atoms with van der Waals surface area (Å²) in [6.45, 7) is 2.12. The molecule has 0 spiro atoms. The highest BCUT2D eigenvalue weighted by Gasteiger charge is 2.36. The van der Waals surface area contributed by atoms with Crippen LogP contribution >= 0.6 is 0 Å². The second-order valence-corrected chi connectivity index (χ2v) is 7.19. The van der Waals surface area contributed by atoms with Crippen molar-refractivity contribution in [2.45, 2.75) is 18.9 Å². The van der Waals surface area contributed by atoms with E-state index < -0.39 is 0 Å². The maximum absolute atomic E-state index is 13.0. The third-order valence-electron chi connectivity index (χ3n) is 5.57. The number of nitrogens with one attached hydrogen (secondary N) is 1. The normalized spacial score (nSPS) is 22.0. The van der Waals surface area contributed by atoms with Gasteiger partial charge in [0.05, 0.1) is 0 Å². The molecule has 2 unspecified atom stereocenters. The number of carbonyl (C=O) groups excluding carboxylic acids is 1. The number of amides is 1. The van der Waals surface area contributed by atoms with Crippen molar-refractivity contribution in [1.29, 1.82) is 0 Å². The lowest BCUT2D eigenvalue weighted by Crippen LogP contribution is -2.49. The molecular formula is C20H19N3O2. The van der Waals surface area contributed by atoms with E-state index in [1.165, 1.54) is 0 Å². The summed E-state index contributed by atoms with van der Waals surface area (Å²) in [6.07, 6.45) is 2.95. The van der Waals surface area contributed by atoms with E-state index in [0.717, 1.165) is 35.1 Å². The number of likely N-dealkylation sites (tertiary alicyclic amines) is 1. The summed E-state index contributed by atoms with van der Waals surface area (Å²) < 4.78 is 1.89. The van der Waals surface area contributed by atoms with E-state index in [1.807, 2.05) is 52.1 Å². The van der Waals surface area contributed by atoms with Crippen LogP contribution in [0.5, 0.6) is 0 Å². The van der Waals surface area contributed by atoms with Crippen LogP contribution in [-0.4, -0.2) is 33.4 Å². The summed E-state index contributed by atoms with van der Waals surface area (Å²) in [7, 11) is 0. The lowest BCUT2D eigenvalue weighted by Gasteiger charge is -2.42. The molecule has 5 nitrogen and oxygen atoms in total. The van der Waals surface area contributed by atoms with Crippen LogP contribution < -0.4 is 5.56 Å². The highest BCUT2D eigenvalue weighted by molar-refractivity contribution is 5.98. The Balaban J connectivity index is 1.46. The molecule has 126 valence electrons. The van der Waals surface area contributed by atoms with Crippen molar-refractivity contribution in [2.24, 2.45) is 5.92 Å². The van der Waals surface area contributed by atoms with Gasteiger partial charge in [-0.3, -0.25) is 9.59 Å². The first-order valence-electron chi connectivity index (χ1n) is 8.75. The van der Waals surface area contributed by atoms with Crippen LogP contribution in [0.2, 0.25) is 0 Å². The molecule has 0 saturated carbocycles. The Kier molecular flexibility index (Phi) is 3.10. The average molecular weight is 333 g/mol. The van der Waals surface area contributed by atoms with Gasteiger partial charge in [0.25, 0.3) is 11.5 Å². The molecule has 25 heavy (non-hydrogen) atoms. The fourth-order valence-corrected chi connectivity index (χ4v) is 4.43. The quantitative estimate of drug-likeness (QED) is 0.744. The average Bonchev–Trinajstić information content (AvgIpc) is 3.09. The number of piperidine rings is 1. The van der Waals surface area contributed by atoms with Crippen molar-refractivity contribution in [2.75, 3.05) is 13.1 Å². The van der Waals surface area contributed by atoms with E-state index in [1.54, 1.807) is 6.07 Å². The first-order chi connectivity index (χ1) is 12.2. The van der Waals surface area contributed by atoms with Gasteiger partial charge in [-0.2, -0.15) is 0 Å².